The highest BCUT2D eigenvalue weighted by Crippen LogP contribution is 2.34. The first-order chi connectivity index (χ1) is 11.4. The summed E-state index contributed by atoms with van der Waals surface area (Å²) in [5, 5.41) is 12.5. The lowest BCUT2D eigenvalue weighted by Crippen LogP contribution is -2.53. The fourth-order valence-corrected chi connectivity index (χ4v) is 2.49. The molecule has 1 atom stereocenters. The minimum Gasteiger partial charge on any atom is -0.534 e. The van der Waals surface area contributed by atoms with Crippen LogP contribution in [-0.2, 0) is 16.0 Å². The van der Waals surface area contributed by atoms with Crippen molar-refractivity contribution in [1.82, 2.24) is 5.32 Å². The Labute approximate surface area is 138 Å². The SMILES string of the molecule is CCCC(=O)N[C@H]1Cc2c(F)c(F)cc(C(=O)OCC)c2OB1O. The van der Waals surface area contributed by atoms with E-state index in [1.165, 1.54) is 0 Å². The summed E-state index contributed by atoms with van der Waals surface area (Å²) in [6.45, 7) is 3.42. The molecule has 0 bridgehead atoms. The lowest BCUT2D eigenvalue weighted by Gasteiger charge is -2.29. The summed E-state index contributed by atoms with van der Waals surface area (Å²) >= 11 is 0. The van der Waals surface area contributed by atoms with Gasteiger partial charge in [-0.05, 0) is 25.8 Å². The van der Waals surface area contributed by atoms with Gasteiger partial charge < -0.3 is 19.7 Å². The van der Waals surface area contributed by atoms with Gasteiger partial charge in [0.25, 0.3) is 0 Å². The monoisotopic (exact) mass is 341 g/mol. The fourth-order valence-electron chi connectivity index (χ4n) is 2.49. The molecule has 1 aromatic carbocycles. The Morgan fingerprint density at radius 3 is 2.79 bits per heavy atom. The van der Waals surface area contributed by atoms with Crippen molar-refractivity contribution in [2.24, 2.45) is 0 Å². The number of benzene rings is 1. The second-order valence-electron chi connectivity index (χ2n) is 5.38. The zero-order valence-electron chi connectivity index (χ0n) is 13.4. The molecule has 6 nitrogen and oxygen atoms in total. The van der Waals surface area contributed by atoms with Gasteiger partial charge in [-0.2, -0.15) is 0 Å². The third kappa shape index (κ3) is 3.67. The number of fused-ring (bicyclic) bond motifs is 1. The van der Waals surface area contributed by atoms with Gasteiger partial charge in [0.05, 0.1) is 12.5 Å². The Morgan fingerprint density at radius 2 is 2.17 bits per heavy atom. The van der Waals surface area contributed by atoms with Gasteiger partial charge in [0, 0.05) is 12.0 Å². The number of esters is 1. The van der Waals surface area contributed by atoms with Crippen molar-refractivity contribution < 1.29 is 32.8 Å². The van der Waals surface area contributed by atoms with Crippen LogP contribution in [0, 0.1) is 11.6 Å². The van der Waals surface area contributed by atoms with E-state index in [4.69, 9.17) is 9.39 Å². The summed E-state index contributed by atoms with van der Waals surface area (Å²) in [5.74, 6) is -4.83. The number of ether oxygens (including phenoxy) is 1. The van der Waals surface area contributed by atoms with Crippen LogP contribution in [0.1, 0.15) is 42.6 Å². The Kier molecular flexibility index (Phi) is 5.77. The summed E-state index contributed by atoms with van der Waals surface area (Å²) < 4.78 is 37.9. The van der Waals surface area contributed by atoms with Crippen molar-refractivity contribution in [3.8, 4) is 5.75 Å². The van der Waals surface area contributed by atoms with Crippen LogP contribution in [0.3, 0.4) is 0 Å². The largest absolute Gasteiger partial charge is 0.547 e. The molecular weight excluding hydrogens is 323 g/mol. The molecule has 0 saturated heterocycles. The predicted molar refractivity (Wildman–Crippen MR) is 81.5 cm³/mol. The van der Waals surface area contributed by atoms with E-state index in [0.29, 0.717) is 12.5 Å². The number of amides is 1. The number of carbonyl (C=O) groups is 2. The first-order valence-electron chi connectivity index (χ1n) is 7.71. The first kappa shape index (κ1) is 18.2. The molecule has 24 heavy (non-hydrogen) atoms. The summed E-state index contributed by atoms with van der Waals surface area (Å²) in [6.07, 6.45) is 0.625. The highest BCUT2D eigenvalue weighted by atomic mass is 19.2. The maximum Gasteiger partial charge on any atom is 0.547 e. The molecule has 0 aliphatic carbocycles. The number of hydrogen-bond acceptors (Lipinski definition) is 5. The van der Waals surface area contributed by atoms with Gasteiger partial charge >= 0.3 is 13.1 Å². The smallest absolute Gasteiger partial charge is 0.534 e. The van der Waals surface area contributed by atoms with Gasteiger partial charge in [0.2, 0.25) is 5.91 Å². The van der Waals surface area contributed by atoms with E-state index in [1.54, 1.807) is 6.92 Å². The van der Waals surface area contributed by atoms with Crippen LogP contribution in [0.4, 0.5) is 8.78 Å². The van der Waals surface area contributed by atoms with Crippen molar-refractivity contribution >= 4 is 19.0 Å². The number of hydrogen-bond donors (Lipinski definition) is 2. The predicted octanol–water partition coefficient (Wildman–Crippen LogP) is 1.38. The van der Waals surface area contributed by atoms with Crippen molar-refractivity contribution in [3.63, 3.8) is 0 Å². The highest BCUT2D eigenvalue weighted by Gasteiger charge is 2.40. The molecule has 0 spiro atoms. The maximum absolute atomic E-state index is 14.1. The lowest BCUT2D eigenvalue weighted by atomic mass is 9.72. The molecular formula is C15H18BF2NO5. The third-order valence-electron chi connectivity index (χ3n) is 3.59. The number of nitrogens with one attached hydrogen (secondary N) is 1. The molecule has 9 heteroatoms. The van der Waals surface area contributed by atoms with Crippen LogP contribution in [0.2, 0.25) is 0 Å². The fraction of sp³-hybridized carbons (Fsp3) is 0.467. The summed E-state index contributed by atoms with van der Waals surface area (Å²) in [5.41, 5.74) is -0.520. The van der Waals surface area contributed by atoms with Crippen LogP contribution >= 0.6 is 0 Å². The molecule has 1 heterocycles. The number of halogens is 2. The summed E-state index contributed by atoms with van der Waals surface area (Å²) in [4.78, 5) is 23.5. The molecule has 0 radical (unpaired) electrons. The van der Waals surface area contributed by atoms with Crippen LogP contribution in [0.15, 0.2) is 6.07 Å². The molecule has 2 N–H and O–H groups in total. The Hall–Kier alpha value is -2.16. The molecule has 0 saturated carbocycles. The molecule has 1 aliphatic heterocycles. The normalized spacial score (nSPS) is 16.2. The van der Waals surface area contributed by atoms with E-state index in [2.05, 4.69) is 5.32 Å². The number of carbonyl (C=O) groups excluding carboxylic acids is 2. The average molecular weight is 341 g/mol. The van der Waals surface area contributed by atoms with E-state index in [-0.39, 0.29) is 42.2 Å². The Bertz CT molecular complexity index is 655. The molecule has 1 aliphatic rings. The molecule has 1 amide bonds. The van der Waals surface area contributed by atoms with Crippen molar-refractivity contribution in [1.29, 1.82) is 0 Å². The van der Waals surface area contributed by atoms with Crippen LogP contribution in [0.5, 0.6) is 5.75 Å². The second kappa shape index (κ2) is 7.61. The van der Waals surface area contributed by atoms with Crippen LogP contribution < -0.4 is 9.97 Å². The highest BCUT2D eigenvalue weighted by molar-refractivity contribution is 6.47. The van der Waals surface area contributed by atoms with Gasteiger partial charge in [-0.15, -0.1) is 0 Å². The van der Waals surface area contributed by atoms with E-state index in [9.17, 15) is 23.4 Å². The van der Waals surface area contributed by atoms with Crippen molar-refractivity contribution in [3.05, 3.63) is 28.8 Å². The summed E-state index contributed by atoms with van der Waals surface area (Å²) in [7, 11) is -1.49. The molecule has 130 valence electrons. The van der Waals surface area contributed by atoms with Gasteiger partial charge in [-0.3, -0.25) is 4.79 Å². The molecule has 1 aromatic rings. The van der Waals surface area contributed by atoms with Gasteiger partial charge in [0.1, 0.15) is 11.3 Å². The third-order valence-corrected chi connectivity index (χ3v) is 3.59. The Balaban J connectivity index is 2.36. The Morgan fingerprint density at radius 1 is 1.46 bits per heavy atom. The molecule has 2 rings (SSSR count). The van der Waals surface area contributed by atoms with Gasteiger partial charge in [-0.25, -0.2) is 13.6 Å². The van der Waals surface area contributed by atoms with E-state index < -0.39 is 30.7 Å². The average Bonchev–Trinajstić information content (AvgIpc) is 2.52. The van der Waals surface area contributed by atoms with E-state index in [1.807, 2.05) is 6.92 Å². The topological polar surface area (TPSA) is 84.9 Å². The first-order valence-corrected chi connectivity index (χ1v) is 7.71. The molecule has 0 fully saturated rings. The zero-order chi connectivity index (χ0) is 17.9. The summed E-state index contributed by atoms with van der Waals surface area (Å²) in [6, 6.07) is 0.675. The van der Waals surface area contributed by atoms with Crippen molar-refractivity contribution in [2.45, 2.75) is 39.1 Å². The van der Waals surface area contributed by atoms with Gasteiger partial charge in [-0.1, -0.05) is 6.92 Å². The van der Waals surface area contributed by atoms with E-state index in [0.717, 1.165) is 0 Å². The maximum atomic E-state index is 14.1. The number of rotatable bonds is 5. The van der Waals surface area contributed by atoms with E-state index >= 15 is 0 Å². The second-order valence-corrected chi connectivity index (χ2v) is 5.38. The standard InChI is InChI=1S/C15H18BF2NO5/c1-3-5-12(20)19-11-7-8-13(18)10(17)6-9(15(21)23-4-2)14(8)24-16(11)22/h6,11,22H,3-5,7H2,1-2H3,(H,19,20)/t11-/m0/s1. The zero-order valence-corrected chi connectivity index (χ0v) is 13.4. The van der Waals surface area contributed by atoms with Crippen molar-refractivity contribution in [2.75, 3.05) is 6.61 Å². The minimum absolute atomic E-state index is 0.0465. The quantitative estimate of drug-likeness (QED) is 0.624. The van der Waals surface area contributed by atoms with Gasteiger partial charge in [0.15, 0.2) is 11.6 Å². The van der Waals surface area contributed by atoms with Crippen LogP contribution in [0.25, 0.3) is 0 Å². The molecule has 0 aromatic heterocycles. The van der Waals surface area contributed by atoms with Crippen LogP contribution in [-0.4, -0.2) is 36.6 Å². The molecule has 0 unspecified atom stereocenters. The lowest BCUT2D eigenvalue weighted by molar-refractivity contribution is -0.121. The minimum atomic E-state index is -1.49.